The van der Waals surface area contributed by atoms with Crippen molar-refractivity contribution in [3.05, 3.63) is 85.6 Å². The predicted octanol–water partition coefficient (Wildman–Crippen LogP) is 3.37. The number of nitrogens with zero attached hydrogens (tertiary/aromatic N) is 2. The highest BCUT2D eigenvalue weighted by Crippen LogP contribution is 2.27. The van der Waals surface area contributed by atoms with Gasteiger partial charge in [0.15, 0.2) is 0 Å². The zero-order valence-electron chi connectivity index (χ0n) is 15.0. The smallest absolute Gasteiger partial charge is 0.431 e. The predicted molar refractivity (Wildman–Crippen MR) is 102 cm³/mol. The Labute approximate surface area is 167 Å². The Hall–Kier alpha value is -3.20. The summed E-state index contributed by atoms with van der Waals surface area (Å²) in [5.74, 6) is 0.359. The maximum atomic E-state index is 13.0. The fourth-order valence-corrected chi connectivity index (χ4v) is 2.82. The van der Waals surface area contributed by atoms with Gasteiger partial charge in [-0.15, -0.1) is 0 Å². The second kappa shape index (κ2) is 7.67. The largest absolute Gasteiger partial charge is 0.489 e. The molecule has 10 heteroatoms. The average molecular weight is 426 g/mol. The SMILES string of the molecule is Cn1c(C(F)(F)F)cc(=O)n(-c2ccc(OCc3ccc(Cl)cc3)cc2N)c1=O. The van der Waals surface area contributed by atoms with Gasteiger partial charge in [0.1, 0.15) is 18.1 Å². The molecule has 2 N–H and O–H groups in total. The lowest BCUT2D eigenvalue weighted by molar-refractivity contribution is -0.144. The number of benzene rings is 2. The van der Waals surface area contributed by atoms with Crippen LogP contribution >= 0.6 is 11.6 Å². The van der Waals surface area contributed by atoms with Crippen molar-refractivity contribution in [3.8, 4) is 11.4 Å². The van der Waals surface area contributed by atoms with Crippen LogP contribution in [-0.4, -0.2) is 9.13 Å². The number of ether oxygens (including phenoxy) is 1. The van der Waals surface area contributed by atoms with E-state index in [0.717, 1.165) is 12.6 Å². The number of aromatic nitrogens is 2. The summed E-state index contributed by atoms with van der Waals surface area (Å²) in [6.45, 7) is 0.220. The molecule has 0 atom stereocenters. The Balaban J connectivity index is 1.93. The van der Waals surface area contributed by atoms with Crippen LogP contribution in [0.3, 0.4) is 0 Å². The van der Waals surface area contributed by atoms with Gasteiger partial charge in [0.2, 0.25) is 0 Å². The van der Waals surface area contributed by atoms with Crippen molar-refractivity contribution in [2.45, 2.75) is 12.8 Å². The van der Waals surface area contributed by atoms with Gasteiger partial charge in [0, 0.05) is 24.2 Å². The van der Waals surface area contributed by atoms with Crippen LogP contribution in [0.1, 0.15) is 11.3 Å². The zero-order valence-corrected chi connectivity index (χ0v) is 15.8. The minimum absolute atomic E-state index is 0.00225. The summed E-state index contributed by atoms with van der Waals surface area (Å²) >= 11 is 5.82. The minimum Gasteiger partial charge on any atom is -0.489 e. The number of nitrogen functional groups attached to an aromatic ring is 1. The van der Waals surface area contributed by atoms with Gasteiger partial charge in [-0.2, -0.15) is 13.2 Å². The van der Waals surface area contributed by atoms with Gasteiger partial charge in [0.25, 0.3) is 5.56 Å². The summed E-state index contributed by atoms with van der Waals surface area (Å²) in [4.78, 5) is 24.5. The molecular weight excluding hydrogens is 411 g/mol. The van der Waals surface area contributed by atoms with Gasteiger partial charge in [-0.3, -0.25) is 9.36 Å². The Bertz CT molecular complexity index is 1170. The molecule has 0 aliphatic carbocycles. The number of rotatable bonds is 4. The summed E-state index contributed by atoms with van der Waals surface area (Å²) in [6.07, 6.45) is -4.84. The fraction of sp³-hybridized carbons (Fsp3) is 0.158. The molecule has 0 spiro atoms. The van der Waals surface area contributed by atoms with E-state index in [4.69, 9.17) is 22.1 Å². The van der Waals surface area contributed by atoms with Crippen LogP contribution in [0.25, 0.3) is 5.69 Å². The van der Waals surface area contributed by atoms with Crippen molar-refractivity contribution in [2.24, 2.45) is 7.05 Å². The molecule has 0 radical (unpaired) electrons. The van der Waals surface area contributed by atoms with Gasteiger partial charge in [-0.05, 0) is 29.8 Å². The third-order valence-electron chi connectivity index (χ3n) is 4.17. The maximum absolute atomic E-state index is 13.0. The Kier molecular flexibility index (Phi) is 5.43. The highest BCUT2D eigenvalue weighted by Gasteiger charge is 2.35. The van der Waals surface area contributed by atoms with E-state index in [9.17, 15) is 22.8 Å². The molecule has 0 saturated carbocycles. The van der Waals surface area contributed by atoms with E-state index in [1.54, 1.807) is 24.3 Å². The number of alkyl halides is 3. The molecule has 3 rings (SSSR count). The number of anilines is 1. The lowest BCUT2D eigenvalue weighted by Crippen LogP contribution is -2.40. The topological polar surface area (TPSA) is 79.2 Å². The summed E-state index contributed by atoms with van der Waals surface area (Å²) in [7, 11) is 0.931. The Morgan fingerprint density at radius 3 is 2.31 bits per heavy atom. The third-order valence-corrected chi connectivity index (χ3v) is 4.42. The fourth-order valence-electron chi connectivity index (χ4n) is 2.69. The van der Waals surface area contributed by atoms with E-state index in [1.807, 2.05) is 0 Å². The van der Waals surface area contributed by atoms with Crippen LogP contribution in [0, 0.1) is 0 Å². The second-order valence-electron chi connectivity index (χ2n) is 6.18. The lowest BCUT2D eigenvalue weighted by atomic mass is 10.2. The number of nitrogens with two attached hydrogens (primary N) is 1. The second-order valence-corrected chi connectivity index (χ2v) is 6.61. The van der Waals surface area contributed by atoms with Crippen LogP contribution in [0.2, 0.25) is 5.02 Å². The number of halogens is 4. The van der Waals surface area contributed by atoms with Crippen molar-refractivity contribution < 1.29 is 17.9 Å². The molecule has 6 nitrogen and oxygen atoms in total. The first kappa shape index (κ1) is 20.5. The van der Waals surface area contributed by atoms with E-state index in [0.29, 0.717) is 26.0 Å². The first-order valence-electron chi connectivity index (χ1n) is 8.25. The summed E-state index contributed by atoms with van der Waals surface area (Å²) < 4.78 is 45.4. The Morgan fingerprint density at radius 1 is 1.07 bits per heavy atom. The van der Waals surface area contributed by atoms with E-state index >= 15 is 0 Å². The van der Waals surface area contributed by atoms with Gasteiger partial charge >= 0.3 is 11.9 Å². The quantitative estimate of drug-likeness (QED) is 0.650. The minimum atomic E-state index is -4.84. The summed E-state index contributed by atoms with van der Waals surface area (Å²) in [5, 5.41) is 0.589. The number of hydrogen-bond donors (Lipinski definition) is 1. The molecule has 2 aromatic carbocycles. The van der Waals surface area contributed by atoms with Gasteiger partial charge < -0.3 is 10.5 Å². The van der Waals surface area contributed by atoms with Crippen LogP contribution in [0.4, 0.5) is 18.9 Å². The van der Waals surface area contributed by atoms with Crippen molar-refractivity contribution >= 4 is 17.3 Å². The van der Waals surface area contributed by atoms with Crippen molar-refractivity contribution in [2.75, 3.05) is 5.73 Å². The van der Waals surface area contributed by atoms with Gasteiger partial charge in [-0.25, -0.2) is 9.36 Å². The maximum Gasteiger partial charge on any atom is 0.431 e. The third kappa shape index (κ3) is 4.29. The van der Waals surface area contributed by atoms with Crippen molar-refractivity contribution in [3.63, 3.8) is 0 Å². The lowest BCUT2D eigenvalue weighted by Gasteiger charge is -2.15. The average Bonchev–Trinajstić information content (AvgIpc) is 2.65. The van der Waals surface area contributed by atoms with Crippen LogP contribution in [0.5, 0.6) is 5.75 Å². The molecule has 1 aromatic heterocycles. The molecule has 1 heterocycles. The van der Waals surface area contributed by atoms with Gasteiger partial charge in [-0.1, -0.05) is 23.7 Å². The summed E-state index contributed by atoms with van der Waals surface area (Å²) in [5.41, 5.74) is 3.10. The first-order valence-corrected chi connectivity index (χ1v) is 8.63. The van der Waals surface area contributed by atoms with E-state index in [1.165, 1.54) is 18.2 Å². The van der Waals surface area contributed by atoms with Crippen molar-refractivity contribution in [1.82, 2.24) is 9.13 Å². The molecule has 0 amide bonds. The zero-order chi connectivity index (χ0) is 21.3. The standard InChI is InChI=1S/C19H15ClF3N3O3/c1-25-16(19(21,22)23)9-17(27)26(18(25)28)15-7-6-13(8-14(15)24)29-10-11-2-4-12(20)5-3-11/h2-9H,10,24H2,1H3. The molecule has 0 aliphatic heterocycles. The van der Waals surface area contributed by atoms with E-state index in [2.05, 4.69) is 0 Å². The van der Waals surface area contributed by atoms with Crippen LogP contribution in [0.15, 0.2) is 58.1 Å². The molecule has 152 valence electrons. The molecular formula is C19H15ClF3N3O3. The Morgan fingerprint density at radius 2 is 1.72 bits per heavy atom. The van der Waals surface area contributed by atoms with Gasteiger partial charge in [0.05, 0.1) is 11.4 Å². The molecule has 3 aromatic rings. The first-order chi connectivity index (χ1) is 13.6. The number of hydrogen-bond acceptors (Lipinski definition) is 4. The molecule has 29 heavy (non-hydrogen) atoms. The molecule has 0 bridgehead atoms. The highest BCUT2D eigenvalue weighted by molar-refractivity contribution is 6.30. The monoisotopic (exact) mass is 425 g/mol. The van der Waals surface area contributed by atoms with E-state index in [-0.39, 0.29) is 18.0 Å². The van der Waals surface area contributed by atoms with Crippen molar-refractivity contribution in [1.29, 1.82) is 0 Å². The van der Waals surface area contributed by atoms with Crippen LogP contribution < -0.4 is 21.7 Å². The summed E-state index contributed by atoms with van der Waals surface area (Å²) in [6, 6.07) is 11.5. The molecule has 0 saturated heterocycles. The normalized spacial score (nSPS) is 11.5. The molecule has 0 aliphatic rings. The van der Waals surface area contributed by atoms with E-state index < -0.39 is 23.1 Å². The highest BCUT2D eigenvalue weighted by atomic mass is 35.5. The molecule has 0 fully saturated rings. The van der Waals surface area contributed by atoms with Crippen LogP contribution in [-0.2, 0) is 19.8 Å². The molecule has 0 unspecified atom stereocenters.